The highest BCUT2D eigenvalue weighted by atomic mass is 16.5. The summed E-state index contributed by atoms with van der Waals surface area (Å²) >= 11 is 0. The summed E-state index contributed by atoms with van der Waals surface area (Å²) in [5.74, 6) is -0.0348. The maximum absolute atomic E-state index is 10.3. The van der Waals surface area contributed by atoms with Crippen LogP contribution in [0, 0.1) is 11.8 Å². The predicted molar refractivity (Wildman–Crippen MR) is 67.2 cm³/mol. The maximum atomic E-state index is 10.3. The number of fused-ring (bicyclic) bond motifs is 2. The van der Waals surface area contributed by atoms with Gasteiger partial charge in [0.1, 0.15) is 0 Å². The Kier molecular flexibility index (Phi) is 4.78. The van der Waals surface area contributed by atoms with Gasteiger partial charge in [0.25, 0.3) is 0 Å². The van der Waals surface area contributed by atoms with Crippen LogP contribution in [0.2, 0.25) is 0 Å². The number of allylic oxidation sites excluding steroid dienone is 1. The molecule has 2 bridgehead atoms. The first-order valence-corrected chi connectivity index (χ1v) is 6.88. The lowest BCUT2D eigenvalue weighted by Gasteiger charge is -2.26. The molecule has 2 rings (SSSR count). The quantitative estimate of drug-likeness (QED) is 0.538. The molecule has 0 aromatic rings. The van der Waals surface area contributed by atoms with Crippen molar-refractivity contribution in [1.82, 2.24) is 0 Å². The first kappa shape index (κ1) is 13.6. The van der Waals surface area contributed by atoms with E-state index in [0.717, 1.165) is 38.5 Å². The number of carbonyl (C=O) groups is 1. The fourth-order valence-corrected chi connectivity index (χ4v) is 3.35. The summed E-state index contributed by atoms with van der Waals surface area (Å²) in [5, 5.41) is 17.9. The van der Waals surface area contributed by atoms with Crippen molar-refractivity contribution in [2.75, 3.05) is 6.61 Å². The fraction of sp³-hybridized carbons (Fsp3) is 0.786. The summed E-state index contributed by atoms with van der Waals surface area (Å²) in [4.78, 5) is 10.3. The molecule has 102 valence electrons. The Morgan fingerprint density at radius 3 is 2.61 bits per heavy atom. The van der Waals surface area contributed by atoms with Crippen LogP contribution in [-0.4, -0.2) is 35.0 Å². The highest BCUT2D eigenvalue weighted by molar-refractivity contribution is 5.79. The van der Waals surface area contributed by atoms with E-state index in [-0.39, 0.29) is 12.7 Å². The summed E-state index contributed by atoms with van der Waals surface area (Å²) in [6, 6.07) is 0. The molecular weight excluding hydrogens is 232 g/mol. The first-order valence-electron chi connectivity index (χ1n) is 6.88. The van der Waals surface area contributed by atoms with Gasteiger partial charge in [-0.2, -0.15) is 0 Å². The molecule has 2 aliphatic rings. The average Bonchev–Trinajstić information content (AvgIpc) is 2.93. The minimum Gasteiger partial charge on any atom is -0.478 e. The number of hydrogen-bond acceptors (Lipinski definition) is 3. The van der Waals surface area contributed by atoms with Crippen molar-refractivity contribution in [3.63, 3.8) is 0 Å². The molecule has 4 heteroatoms. The van der Waals surface area contributed by atoms with Crippen LogP contribution in [0.25, 0.3) is 0 Å². The predicted octanol–water partition coefficient (Wildman–Crippen LogP) is 1.97. The number of carboxylic acid groups (broad SMARTS) is 1. The first-order chi connectivity index (χ1) is 8.72. The molecule has 0 aromatic heterocycles. The molecular formula is C14H22O4. The Labute approximate surface area is 108 Å². The number of aliphatic hydroxyl groups is 1. The Balaban J connectivity index is 1.66. The van der Waals surface area contributed by atoms with Gasteiger partial charge in [0.2, 0.25) is 0 Å². The van der Waals surface area contributed by atoms with Gasteiger partial charge in [-0.1, -0.05) is 12.5 Å². The van der Waals surface area contributed by atoms with E-state index in [1.165, 1.54) is 6.08 Å². The second-order valence-corrected chi connectivity index (χ2v) is 5.33. The van der Waals surface area contributed by atoms with Gasteiger partial charge in [-0.3, -0.25) is 0 Å². The van der Waals surface area contributed by atoms with Crippen molar-refractivity contribution in [2.24, 2.45) is 11.8 Å². The Morgan fingerprint density at radius 2 is 1.94 bits per heavy atom. The third-order valence-electron chi connectivity index (χ3n) is 4.22. The molecule has 0 aliphatic carbocycles. The lowest BCUT2D eigenvalue weighted by molar-refractivity contribution is -0.131. The van der Waals surface area contributed by atoms with Crippen LogP contribution in [0.4, 0.5) is 0 Å². The number of aliphatic carboxylic acids is 1. The van der Waals surface area contributed by atoms with Crippen LogP contribution in [-0.2, 0) is 9.53 Å². The molecule has 2 heterocycles. The van der Waals surface area contributed by atoms with Crippen molar-refractivity contribution in [2.45, 2.75) is 50.7 Å². The number of ether oxygens (including phenoxy) is 1. The summed E-state index contributed by atoms with van der Waals surface area (Å²) in [6.45, 7) is 0.241. The molecule has 2 saturated heterocycles. The Bertz CT molecular complexity index is 313. The van der Waals surface area contributed by atoms with Crippen LogP contribution >= 0.6 is 0 Å². The van der Waals surface area contributed by atoms with E-state index in [1.54, 1.807) is 6.08 Å². The van der Waals surface area contributed by atoms with Crippen LogP contribution in [0.1, 0.15) is 38.5 Å². The van der Waals surface area contributed by atoms with Crippen molar-refractivity contribution >= 4 is 5.97 Å². The summed E-state index contributed by atoms with van der Waals surface area (Å²) in [6.07, 6.45) is 9.82. The number of rotatable bonds is 7. The van der Waals surface area contributed by atoms with Gasteiger partial charge in [0, 0.05) is 18.6 Å². The van der Waals surface area contributed by atoms with Crippen molar-refractivity contribution in [3.05, 3.63) is 12.2 Å². The van der Waals surface area contributed by atoms with Crippen LogP contribution < -0.4 is 0 Å². The van der Waals surface area contributed by atoms with Gasteiger partial charge in [-0.05, 0) is 38.0 Å². The minimum atomic E-state index is -0.878. The molecule has 2 aliphatic heterocycles. The van der Waals surface area contributed by atoms with Crippen LogP contribution in [0.3, 0.4) is 0 Å². The summed E-state index contributed by atoms with van der Waals surface area (Å²) < 4.78 is 5.85. The number of aliphatic hydroxyl groups excluding tert-OH is 1. The van der Waals surface area contributed by atoms with Gasteiger partial charge in [-0.25, -0.2) is 4.79 Å². The molecule has 4 atom stereocenters. The minimum absolute atomic E-state index is 0.241. The van der Waals surface area contributed by atoms with Gasteiger partial charge in [0.05, 0.1) is 12.2 Å². The van der Waals surface area contributed by atoms with E-state index >= 15 is 0 Å². The highest BCUT2D eigenvalue weighted by Crippen LogP contribution is 2.45. The average molecular weight is 254 g/mol. The van der Waals surface area contributed by atoms with E-state index in [4.69, 9.17) is 9.84 Å². The molecule has 0 aromatic carbocycles. The molecule has 0 radical (unpaired) electrons. The fourth-order valence-electron chi connectivity index (χ4n) is 3.35. The van der Waals surface area contributed by atoms with Crippen LogP contribution in [0.15, 0.2) is 12.2 Å². The largest absolute Gasteiger partial charge is 0.478 e. The van der Waals surface area contributed by atoms with Crippen LogP contribution in [0.5, 0.6) is 0 Å². The zero-order valence-corrected chi connectivity index (χ0v) is 10.6. The van der Waals surface area contributed by atoms with Gasteiger partial charge < -0.3 is 14.9 Å². The third-order valence-corrected chi connectivity index (χ3v) is 4.22. The molecule has 4 nitrogen and oxygen atoms in total. The zero-order valence-electron chi connectivity index (χ0n) is 10.6. The maximum Gasteiger partial charge on any atom is 0.327 e. The lowest BCUT2D eigenvalue weighted by Crippen LogP contribution is -2.29. The van der Waals surface area contributed by atoms with E-state index in [0.29, 0.717) is 17.9 Å². The molecule has 0 saturated carbocycles. The monoisotopic (exact) mass is 254 g/mol. The van der Waals surface area contributed by atoms with E-state index in [1.807, 2.05) is 0 Å². The standard InChI is InChI=1S/C14H22O4/c15-9-11-10(12-7-8-13(11)18-12)5-3-1-2-4-6-14(16)17/h4,6,10-13,15H,1-3,5,7-9H2,(H,16,17)/t10-,11+,12-,13+/m1/s1. The molecule has 2 N–H and O–H groups in total. The molecule has 2 fully saturated rings. The zero-order chi connectivity index (χ0) is 13.0. The van der Waals surface area contributed by atoms with Gasteiger partial charge >= 0.3 is 5.97 Å². The normalized spacial score (nSPS) is 34.5. The van der Waals surface area contributed by atoms with Crippen molar-refractivity contribution < 1.29 is 19.7 Å². The van der Waals surface area contributed by atoms with Gasteiger partial charge in [0.15, 0.2) is 0 Å². The Hall–Kier alpha value is -0.870. The third kappa shape index (κ3) is 3.12. The molecule has 0 spiro atoms. The van der Waals surface area contributed by atoms with Crippen molar-refractivity contribution in [1.29, 1.82) is 0 Å². The number of hydrogen-bond donors (Lipinski definition) is 2. The second kappa shape index (κ2) is 6.34. The molecule has 0 amide bonds. The van der Waals surface area contributed by atoms with E-state index < -0.39 is 5.97 Å². The number of carboxylic acids is 1. The lowest BCUT2D eigenvalue weighted by atomic mass is 9.77. The Morgan fingerprint density at radius 1 is 1.22 bits per heavy atom. The molecule has 0 unspecified atom stereocenters. The second-order valence-electron chi connectivity index (χ2n) is 5.33. The summed E-state index contributed by atoms with van der Waals surface area (Å²) in [7, 11) is 0. The number of unbranched alkanes of at least 4 members (excludes halogenated alkanes) is 2. The highest BCUT2D eigenvalue weighted by Gasteiger charge is 2.47. The summed E-state index contributed by atoms with van der Waals surface area (Å²) in [5.41, 5.74) is 0. The van der Waals surface area contributed by atoms with E-state index in [9.17, 15) is 9.90 Å². The molecule has 18 heavy (non-hydrogen) atoms. The SMILES string of the molecule is O=C(O)C=CCCCC[C@@H]1[C@H](CO)[C@@H]2CC[C@H]1O2. The van der Waals surface area contributed by atoms with Crippen molar-refractivity contribution in [3.8, 4) is 0 Å². The van der Waals surface area contributed by atoms with Gasteiger partial charge in [-0.15, -0.1) is 0 Å². The topological polar surface area (TPSA) is 66.8 Å². The smallest absolute Gasteiger partial charge is 0.327 e. The van der Waals surface area contributed by atoms with E-state index in [2.05, 4.69) is 0 Å².